The van der Waals surface area contributed by atoms with E-state index in [0.29, 0.717) is 6.54 Å². The number of nitrogens with one attached hydrogen (secondary N) is 1. The molecule has 3 nitrogen and oxygen atoms in total. The highest BCUT2D eigenvalue weighted by Crippen LogP contribution is 2.28. The molecule has 0 bridgehead atoms. The Morgan fingerprint density at radius 1 is 1.40 bits per heavy atom. The number of hydrogen-bond donors (Lipinski definition) is 2. The molecular weight excluding hydrogens is 190 g/mol. The fourth-order valence-corrected chi connectivity index (χ4v) is 2.20. The van der Waals surface area contributed by atoms with E-state index in [9.17, 15) is 5.11 Å². The lowest BCUT2D eigenvalue weighted by molar-refractivity contribution is 0.0480. The summed E-state index contributed by atoms with van der Waals surface area (Å²) < 4.78 is 5.23. The summed E-state index contributed by atoms with van der Waals surface area (Å²) in [5, 5.41) is 13.4. The Morgan fingerprint density at radius 2 is 2.20 bits per heavy atom. The van der Waals surface area contributed by atoms with Crippen LogP contribution in [0.4, 0.5) is 0 Å². The van der Waals surface area contributed by atoms with E-state index < -0.39 is 5.60 Å². The average Bonchev–Trinajstić information content (AvgIpc) is 2.84. The molecule has 84 valence electrons. The topological polar surface area (TPSA) is 45.4 Å². The Balaban J connectivity index is 1.62. The number of furan rings is 1. The van der Waals surface area contributed by atoms with Crippen LogP contribution in [0.25, 0.3) is 0 Å². The van der Waals surface area contributed by atoms with E-state index in [1.165, 1.54) is 0 Å². The van der Waals surface area contributed by atoms with Gasteiger partial charge in [0, 0.05) is 19.5 Å². The van der Waals surface area contributed by atoms with Crippen molar-refractivity contribution < 1.29 is 9.52 Å². The Kier molecular flexibility index (Phi) is 3.44. The second kappa shape index (κ2) is 4.81. The van der Waals surface area contributed by atoms with Crippen molar-refractivity contribution in [2.24, 2.45) is 0 Å². The molecule has 15 heavy (non-hydrogen) atoms. The third-order valence-electron chi connectivity index (χ3n) is 3.12. The first kappa shape index (κ1) is 10.7. The monoisotopic (exact) mass is 209 g/mol. The zero-order valence-corrected chi connectivity index (χ0v) is 9.04. The van der Waals surface area contributed by atoms with E-state index in [1.807, 2.05) is 12.1 Å². The third kappa shape index (κ3) is 3.08. The maximum absolute atomic E-state index is 10.1. The van der Waals surface area contributed by atoms with Gasteiger partial charge in [0.1, 0.15) is 5.76 Å². The highest BCUT2D eigenvalue weighted by Gasteiger charge is 2.30. The standard InChI is InChI=1S/C12H19NO2/c14-12(6-1-2-7-12)10-13-8-5-11-4-3-9-15-11/h3-4,9,13-14H,1-2,5-8,10H2. The van der Waals surface area contributed by atoms with Crippen LogP contribution in [0, 0.1) is 0 Å². The summed E-state index contributed by atoms with van der Waals surface area (Å²) in [7, 11) is 0. The summed E-state index contributed by atoms with van der Waals surface area (Å²) in [6.45, 7) is 1.59. The van der Waals surface area contributed by atoms with Gasteiger partial charge in [-0.2, -0.15) is 0 Å². The van der Waals surface area contributed by atoms with Crippen molar-refractivity contribution in [1.29, 1.82) is 0 Å². The molecule has 3 heteroatoms. The highest BCUT2D eigenvalue weighted by atomic mass is 16.3. The third-order valence-corrected chi connectivity index (χ3v) is 3.12. The smallest absolute Gasteiger partial charge is 0.105 e. The molecular formula is C12H19NO2. The largest absolute Gasteiger partial charge is 0.469 e. The van der Waals surface area contributed by atoms with Crippen molar-refractivity contribution in [2.75, 3.05) is 13.1 Å². The van der Waals surface area contributed by atoms with E-state index in [1.54, 1.807) is 6.26 Å². The fourth-order valence-electron chi connectivity index (χ4n) is 2.20. The molecule has 0 atom stereocenters. The van der Waals surface area contributed by atoms with Crippen molar-refractivity contribution >= 4 is 0 Å². The normalized spacial score (nSPS) is 19.5. The molecule has 1 aromatic heterocycles. The van der Waals surface area contributed by atoms with Crippen molar-refractivity contribution in [1.82, 2.24) is 5.32 Å². The van der Waals surface area contributed by atoms with E-state index in [-0.39, 0.29) is 0 Å². The lowest BCUT2D eigenvalue weighted by Crippen LogP contribution is -2.38. The van der Waals surface area contributed by atoms with Crippen molar-refractivity contribution in [2.45, 2.75) is 37.7 Å². The van der Waals surface area contributed by atoms with Gasteiger partial charge in [0.05, 0.1) is 11.9 Å². The summed E-state index contributed by atoms with van der Waals surface area (Å²) in [6, 6.07) is 3.88. The summed E-state index contributed by atoms with van der Waals surface area (Å²) in [5.41, 5.74) is -0.441. The zero-order chi connectivity index (χ0) is 10.6. The molecule has 0 spiro atoms. The summed E-state index contributed by atoms with van der Waals surface area (Å²) in [6.07, 6.45) is 6.80. The lowest BCUT2D eigenvalue weighted by Gasteiger charge is -2.22. The Hall–Kier alpha value is -0.800. The summed E-state index contributed by atoms with van der Waals surface area (Å²) in [4.78, 5) is 0. The number of rotatable bonds is 5. The van der Waals surface area contributed by atoms with E-state index in [0.717, 1.165) is 44.4 Å². The second-order valence-corrected chi connectivity index (χ2v) is 4.44. The van der Waals surface area contributed by atoms with Crippen LogP contribution in [0.2, 0.25) is 0 Å². The minimum Gasteiger partial charge on any atom is -0.469 e. The Labute approximate surface area is 90.5 Å². The molecule has 1 aliphatic carbocycles. The predicted octanol–water partition coefficient (Wildman–Crippen LogP) is 1.72. The molecule has 0 saturated heterocycles. The van der Waals surface area contributed by atoms with Gasteiger partial charge in [0.2, 0.25) is 0 Å². The lowest BCUT2D eigenvalue weighted by atomic mass is 10.0. The van der Waals surface area contributed by atoms with Crippen molar-refractivity contribution in [3.8, 4) is 0 Å². The van der Waals surface area contributed by atoms with E-state index in [4.69, 9.17) is 4.42 Å². The van der Waals surface area contributed by atoms with E-state index >= 15 is 0 Å². The molecule has 0 aliphatic heterocycles. The van der Waals surface area contributed by atoms with Gasteiger partial charge in [-0.1, -0.05) is 12.8 Å². The number of hydrogen-bond acceptors (Lipinski definition) is 3. The SMILES string of the molecule is OC1(CNCCc2ccco2)CCCC1. The van der Waals surface area contributed by atoms with Gasteiger partial charge in [0.15, 0.2) is 0 Å². The van der Waals surface area contributed by atoms with Crippen LogP contribution in [0.1, 0.15) is 31.4 Å². The molecule has 1 aromatic rings. The molecule has 0 unspecified atom stereocenters. The first-order valence-electron chi connectivity index (χ1n) is 5.74. The zero-order valence-electron chi connectivity index (χ0n) is 9.04. The molecule has 0 radical (unpaired) electrons. The maximum Gasteiger partial charge on any atom is 0.105 e. The van der Waals surface area contributed by atoms with Gasteiger partial charge >= 0.3 is 0 Å². The molecule has 2 N–H and O–H groups in total. The molecule has 2 rings (SSSR count). The maximum atomic E-state index is 10.1. The fraction of sp³-hybridized carbons (Fsp3) is 0.667. The van der Waals surface area contributed by atoms with Gasteiger partial charge in [-0.05, 0) is 25.0 Å². The second-order valence-electron chi connectivity index (χ2n) is 4.44. The van der Waals surface area contributed by atoms with Crippen molar-refractivity contribution in [3.05, 3.63) is 24.2 Å². The van der Waals surface area contributed by atoms with Crippen molar-refractivity contribution in [3.63, 3.8) is 0 Å². The molecule has 0 aromatic carbocycles. The quantitative estimate of drug-likeness (QED) is 0.726. The average molecular weight is 209 g/mol. The first-order chi connectivity index (χ1) is 7.29. The van der Waals surface area contributed by atoms with Crippen LogP contribution in [-0.2, 0) is 6.42 Å². The van der Waals surface area contributed by atoms with Gasteiger partial charge < -0.3 is 14.8 Å². The van der Waals surface area contributed by atoms with Crippen LogP contribution in [-0.4, -0.2) is 23.8 Å². The Bertz CT molecular complexity index is 276. The Morgan fingerprint density at radius 3 is 2.87 bits per heavy atom. The van der Waals surface area contributed by atoms with Crippen LogP contribution in [0.15, 0.2) is 22.8 Å². The molecule has 0 amide bonds. The van der Waals surface area contributed by atoms with Gasteiger partial charge in [0.25, 0.3) is 0 Å². The first-order valence-corrected chi connectivity index (χ1v) is 5.74. The van der Waals surface area contributed by atoms with Crippen LogP contribution < -0.4 is 5.32 Å². The molecule has 1 aliphatic rings. The van der Waals surface area contributed by atoms with E-state index in [2.05, 4.69) is 5.32 Å². The molecule has 1 saturated carbocycles. The molecule has 1 fully saturated rings. The minimum absolute atomic E-state index is 0.441. The van der Waals surface area contributed by atoms with Crippen LogP contribution in [0.5, 0.6) is 0 Å². The molecule has 1 heterocycles. The predicted molar refractivity (Wildman–Crippen MR) is 58.7 cm³/mol. The summed E-state index contributed by atoms with van der Waals surface area (Å²) >= 11 is 0. The van der Waals surface area contributed by atoms with Crippen LogP contribution >= 0.6 is 0 Å². The summed E-state index contributed by atoms with van der Waals surface area (Å²) in [5.74, 6) is 1.00. The number of aliphatic hydroxyl groups is 1. The van der Waals surface area contributed by atoms with Gasteiger partial charge in [-0.25, -0.2) is 0 Å². The highest BCUT2D eigenvalue weighted by molar-refractivity contribution is 4.98. The minimum atomic E-state index is -0.441. The van der Waals surface area contributed by atoms with Crippen LogP contribution in [0.3, 0.4) is 0 Å². The van der Waals surface area contributed by atoms with Gasteiger partial charge in [-0.3, -0.25) is 0 Å². The van der Waals surface area contributed by atoms with Gasteiger partial charge in [-0.15, -0.1) is 0 Å².